The molecule has 0 saturated heterocycles. The van der Waals surface area contributed by atoms with Gasteiger partial charge in [0.15, 0.2) is 0 Å². The molecule has 0 bridgehead atoms. The summed E-state index contributed by atoms with van der Waals surface area (Å²) >= 11 is 0. The van der Waals surface area contributed by atoms with Crippen molar-refractivity contribution in [1.29, 1.82) is 0 Å². The van der Waals surface area contributed by atoms with Crippen LogP contribution in [0.4, 0.5) is 0 Å². The molecule has 0 aromatic rings. The smallest absolute Gasteiger partial charge is 0.0176 e. The summed E-state index contributed by atoms with van der Waals surface area (Å²) < 4.78 is 0. The Morgan fingerprint density at radius 2 is 2.20 bits per heavy atom. The van der Waals surface area contributed by atoms with Gasteiger partial charge in [-0.25, -0.2) is 0 Å². The van der Waals surface area contributed by atoms with E-state index in [9.17, 15) is 0 Å². The van der Waals surface area contributed by atoms with Crippen molar-refractivity contribution in [2.75, 3.05) is 0 Å². The van der Waals surface area contributed by atoms with Gasteiger partial charge in [-0.05, 0) is 36.0 Å². The summed E-state index contributed by atoms with van der Waals surface area (Å²) in [6, 6.07) is 0. The molecule has 0 saturated carbocycles. The van der Waals surface area contributed by atoms with E-state index in [0.29, 0.717) is 5.92 Å². The fourth-order valence-electron chi connectivity index (χ4n) is 1.85. The summed E-state index contributed by atoms with van der Waals surface area (Å²) in [7, 11) is 0. The maximum absolute atomic E-state index is 3.97. The Hall–Kier alpha value is -1.22. The molecule has 0 heteroatoms. The zero-order valence-corrected chi connectivity index (χ0v) is 10.1. The van der Waals surface area contributed by atoms with Crippen LogP contribution in [0.1, 0.15) is 40.0 Å². The molecular weight excluding hydrogens is 180 g/mol. The summed E-state index contributed by atoms with van der Waals surface area (Å²) in [5.41, 5.74) is 3.80. The highest BCUT2D eigenvalue weighted by Crippen LogP contribution is 2.24. The van der Waals surface area contributed by atoms with E-state index in [-0.39, 0.29) is 0 Å². The van der Waals surface area contributed by atoms with Gasteiger partial charge in [-0.2, -0.15) is 0 Å². The SMILES string of the molecule is C=C1C#CCCC=C(C(C)C)C(CC)=C1. The highest BCUT2D eigenvalue weighted by molar-refractivity contribution is 5.45. The van der Waals surface area contributed by atoms with Crippen LogP contribution in [0.2, 0.25) is 0 Å². The van der Waals surface area contributed by atoms with E-state index in [1.807, 2.05) is 0 Å². The molecule has 0 nitrogen and oxygen atoms in total. The van der Waals surface area contributed by atoms with Gasteiger partial charge in [0, 0.05) is 12.0 Å². The van der Waals surface area contributed by atoms with E-state index in [2.05, 4.69) is 51.3 Å². The number of hydrogen-bond acceptors (Lipinski definition) is 0. The molecule has 0 aromatic heterocycles. The van der Waals surface area contributed by atoms with Gasteiger partial charge in [-0.1, -0.05) is 45.3 Å². The van der Waals surface area contributed by atoms with Crippen LogP contribution in [-0.2, 0) is 0 Å². The van der Waals surface area contributed by atoms with Gasteiger partial charge in [-0.15, -0.1) is 0 Å². The Balaban J connectivity index is 3.08. The van der Waals surface area contributed by atoms with Crippen LogP contribution in [0, 0.1) is 17.8 Å². The maximum atomic E-state index is 3.97. The molecule has 0 amide bonds. The molecule has 1 aliphatic carbocycles. The van der Waals surface area contributed by atoms with Crippen molar-refractivity contribution < 1.29 is 0 Å². The van der Waals surface area contributed by atoms with Crippen LogP contribution in [0.3, 0.4) is 0 Å². The highest BCUT2D eigenvalue weighted by atomic mass is 14.1. The molecule has 0 aliphatic heterocycles. The Bertz CT molecular complexity index is 353. The summed E-state index contributed by atoms with van der Waals surface area (Å²) in [6.45, 7) is 10.7. The zero-order chi connectivity index (χ0) is 11.3. The highest BCUT2D eigenvalue weighted by Gasteiger charge is 2.08. The van der Waals surface area contributed by atoms with Gasteiger partial charge < -0.3 is 0 Å². The van der Waals surface area contributed by atoms with E-state index < -0.39 is 0 Å². The largest absolute Gasteiger partial charge is 0.0976 e. The Kier molecular flexibility index (Phi) is 4.43. The minimum Gasteiger partial charge on any atom is -0.0976 e. The lowest BCUT2D eigenvalue weighted by atomic mass is 9.91. The normalized spacial score (nSPS) is 16.9. The first-order valence-electron chi connectivity index (χ1n) is 5.74. The molecule has 80 valence electrons. The molecule has 0 aromatic carbocycles. The van der Waals surface area contributed by atoms with Gasteiger partial charge in [0.05, 0.1) is 0 Å². The standard InChI is InChI=1S/C15H20/c1-5-14-11-13(4)9-7-6-8-10-15(14)12(2)3/h10-12H,4-6,8H2,1-3H3. The van der Waals surface area contributed by atoms with Crippen molar-refractivity contribution in [1.82, 2.24) is 0 Å². The van der Waals surface area contributed by atoms with E-state index in [1.165, 1.54) is 11.1 Å². The first kappa shape index (κ1) is 11.9. The Morgan fingerprint density at radius 1 is 1.47 bits per heavy atom. The van der Waals surface area contributed by atoms with E-state index in [0.717, 1.165) is 24.8 Å². The molecule has 1 rings (SSSR count). The molecule has 0 radical (unpaired) electrons. The molecule has 1 aliphatic rings. The lowest BCUT2D eigenvalue weighted by molar-refractivity contribution is 0.758. The van der Waals surface area contributed by atoms with Gasteiger partial charge in [-0.3, -0.25) is 0 Å². The molecule has 15 heavy (non-hydrogen) atoms. The number of rotatable bonds is 2. The molecule has 0 unspecified atom stereocenters. The monoisotopic (exact) mass is 200 g/mol. The fourth-order valence-corrected chi connectivity index (χ4v) is 1.85. The lowest BCUT2D eigenvalue weighted by Gasteiger charge is -2.14. The van der Waals surface area contributed by atoms with Crippen molar-refractivity contribution in [3.05, 3.63) is 35.5 Å². The summed E-state index contributed by atoms with van der Waals surface area (Å²) in [5, 5.41) is 0. The third kappa shape index (κ3) is 3.44. The van der Waals surface area contributed by atoms with Crippen molar-refractivity contribution >= 4 is 0 Å². The van der Waals surface area contributed by atoms with Gasteiger partial charge >= 0.3 is 0 Å². The predicted molar refractivity (Wildman–Crippen MR) is 67.4 cm³/mol. The first-order valence-corrected chi connectivity index (χ1v) is 5.74. The van der Waals surface area contributed by atoms with Crippen molar-refractivity contribution in [3.8, 4) is 11.8 Å². The number of hydrogen-bond donors (Lipinski definition) is 0. The van der Waals surface area contributed by atoms with Crippen LogP contribution in [-0.4, -0.2) is 0 Å². The average Bonchev–Trinajstić information content (AvgIpc) is 2.27. The van der Waals surface area contributed by atoms with Gasteiger partial charge in [0.25, 0.3) is 0 Å². The van der Waals surface area contributed by atoms with Crippen LogP contribution < -0.4 is 0 Å². The molecule has 0 N–H and O–H groups in total. The molecule has 0 atom stereocenters. The van der Waals surface area contributed by atoms with E-state index >= 15 is 0 Å². The lowest BCUT2D eigenvalue weighted by Crippen LogP contribution is -1.98. The molecule has 0 spiro atoms. The maximum Gasteiger partial charge on any atom is 0.0176 e. The van der Waals surface area contributed by atoms with E-state index in [4.69, 9.17) is 0 Å². The molecular formula is C15H20. The van der Waals surface area contributed by atoms with Gasteiger partial charge in [0.1, 0.15) is 0 Å². The Labute approximate surface area is 93.8 Å². The fraction of sp³-hybridized carbons (Fsp3) is 0.467. The number of allylic oxidation sites excluding steroid dienone is 5. The third-order valence-electron chi connectivity index (χ3n) is 2.60. The summed E-state index contributed by atoms with van der Waals surface area (Å²) in [5.74, 6) is 6.82. The van der Waals surface area contributed by atoms with Crippen LogP contribution in [0.15, 0.2) is 35.5 Å². The zero-order valence-electron chi connectivity index (χ0n) is 10.1. The second kappa shape index (κ2) is 5.61. The second-order valence-corrected chi connectivity index (χ2v) is 4.20. The van der Waals surface area contributed by atoms with E-state index in [1.54, 1.807) is 0 Å². The third-order valence-corrected chi connectivity index (χ3v) is 2.60. The minimum absolute atomic E-state index is 0.585. The van der Waals surface area contributed by atoms with Crippen LogP contribution >= 0.6 is 0 Å². The first-order chi connectivity index (χ1) is 7.15. The van der Waals surface area contributed by atoms with Crippen molar-refractivity contribution in [2.45, 2.75) is 40.0 Å². The molecule has 0 fully saturated rings. The van der Waals surface area contributed by atoms with Crippen LogP contribution in [0.25, 0.3) is 0 Å². The predicted octanol–water partition coefficient (Wildman–Crippen LogP) is 4.26. The summed E-state index contributed by atoms with van der Waals surface area (Å²) in [6.07, 6.45) is 7.55. The molecule has 0 heterocycles. The van der Waals surface area contributed by atoms with Crippen LogP contribution in [0.5, 0.6) is 0 Å². The van der Waals surface area contributed by atoms with Gasteiger partial charge in [0.2, 0.25) is 0 Å². The topological polar surface area (TPSA) is 0 Å². The van der Waals surface area contributed by atoms with Crippen molar-refractivity contribution in [3.63, 3.8) is 0 Å². The van der Waals surface area contributed by atoms with Crippen molar-refractivity contribution in [2.24, 2.45) is 5.92 Å². The quantitative estimate of drug-likeness (QED) is 0.584. The average molecular weight is 200 g/mol. The summed E-state index contributed by atoms with van der Waals surface area (Å²) in [4.78, 5) is 0. The Morgan fingerprint density at radius 3 is 2.80 bits per heavy atom. The second-order valence-electron chi connectivity index (χ2n) is 4.20. The minimum atomic E-state index is 0.585.